The highest BCUT2D eigenvalue weighted by Crippen LogP contribution is 2.34. The molecule has 0 radical (unpaired) electrons. The maximum absolute atomic E-state index is 11.3. The van der Waals surface area contributed by atoms with Crippen molar-refractivity contribution in [3.8, 4) is 5.75 Å². The maximum atomic E-state index is 11.3. The molecule has 20 atom stereocenters. The molecule has 1 aromatic rings. The third-order valence-electron chi connectivity index (χ3n) is 9.47. The Labute approximate surface area is 304 Å². The number of nitro benzene ring substituents is 1. The molecule has 54 heavy (non-hydrogen) atoms. The van der Waals surface area contributed by atoms with Crippen molar-refractivity contribution in [3.05, 3.63) is 34.4 Å². The molecule has 0 aromatic heterocycles. The number of non-ortho nitro benzene ring substituents is 1. The van der Waals surface area contributed by atoms with Crippen LogP contribution in [0.1, 0.15) is 0 Å². The number of ether oxygens (including phenoxy) is 8. The first-order valence-corrected chi connectivity index (χ1v) is 16.7. The Hall–Kier alpha value is -2.38. The normalized spacial score (nSPS) is 45.9. The second kappa shape index (κ2) is 18.3. The molecule has 1 aromatic carbocycles. The summed E-state index contributed by atoms with van der Waals surface area (Å²) in [7, 11) is 0. The number of nitro groups is 1. The van der Waals surface area contributed by atoms with Crippen LogP contribution in [0.3, 0.4) is 0 Å². The summed E-state index contributed by atoms with van der Waals surface area (Å²) in [4.78, 5) is 10.4. The molecule has 4 aliphatic heterocycles. The smallest absolute Gasteiger partial charge is 0.269 e. The topological polar surface area (TPSA) is 380 Å². The average molecular weight is 788 g/mol. The second-order valence-corrected chi connectivity index (χ2v) is 13.0. The van der Waals surface area contributed by atoms with Crippen molar-refractivity contribution >= 4 is 5.69 Å². The van der Waals surface area contributed by atoms with Gasteiger partial charge in [0.25, 0.3) is 5.69 Å². The predicted molar refractivity (Wildman–Crippen MR) is 165 cm³/mol. The van der Waals surface area contributed by atoms with Crippen LogP contribution in [0.15, 0.2) is 24.3 Å². The minimum atomic E-state index is -2.09. The first-order valence-electron chi connectivity index (χ1n) is 16.7. The molecule has 4 heterocycles. The quantitative estimate of drug-likeness (QED) is 0.0652. The number of benzene rings is 1. The van der Waals surface area contributed by atoms with Gasteiger partial charge in [0.15, 0.2) is 18.9 Å². The van der Waals surface area contributed by atoms with Gasteiger partial charge in [-0.1, -0.05) is 0 Å². The number of aliphatic hydroxyl groups is 13. The van der Waals surface area contributed by atoms with Crippen molar-refractivity contribution in [2.45, 2.75) is 123 Å². The van der Waals surface area contributed by atoms with Gasteiger partial charge in [0, 0.05) is 12.1 Å². The van der Waals surface area contributed by atoms with Gasteiger partial charge in [-0.3, -0.25) is 10.1 Å². The zero-order valence-corrected chi connectivity index (χ0v) is 28.0. The van der Waals surface area contributed by atoms with Gasteiger partial charge in [0.05, 0.1) is 31.4 Å². The molecule has 4 saturated heterocycles. The number of rotatable bonds is 13. The van der Waals surface area contributed by atoms with Crippen molar-refractivity contribution in [3.63, 3.8) is 0 Å². The Bertz CT molecular complexity index is 1340. The highest BCUT2D eigenvalue weighted by atomic mass is 16.8. The SMILES string of the molecule is O=[N+]([O-])c1ccc(O[C@@H]2O[C@H](CO[C@@H]3O[C@H](CO)[C@@H](O)[C@H](O)[C@H]3O)[C@@H](O)[C@H](O[C@@H]3O[C@H](CO)[C@@H](O[C@@H]4O[C@H](CO)[C@@H](O)[C@H](O)[C@@H]4O)[C@H](O)[C@@H]3O)[C@@H]2O)cc1. The van der Waals surface area contributed by atoms with E-state index in [0.29, 0.717) is 0 Å². The molecular formula is C30H45NO23. The van der Waals surface area contributed by atoms with E-state index in [4.69, 9.17) is 37.9 Å². The van der Waals surface area contributed by atoms with Crippen molar-refractivity contribution in [1.29, 1.82) is 0 Å². The first-order chi connectivity index (χ1) is 25.6. The Morgan fingerprint density at radius 1 is 0.519 bits per heavy atom. The van der Waals surface area contributed by atoms with E-state index in [0.717, 1.165) is 12.1 Å². The molecule has 0 spiro atoms. The van der Waals surface area contributed by atoms with Crippen LogP contribution in [0.25, 0.3) is 0 Å². The van der Waals surface area contributed by atoms with Crippen LogP contribution in [-0.4, -0.2) is 221 Å². The number of hydrogen-bond donors (Lipinski definition) is 13. The highest BCUT2D eigenvalue weighted by Gasteiger charge is 2.54. The van der Waals surface area contributed by atoms with Crippen LogP contribution in [0.4, 0.5) is 5.69 Å². The summed E-state index contributed by atoms with van der Waals surface area (Å²) in [6.45, 7) is -3.25. The molecule has 0 bridgehead atoms. The van der Waals surface area contributed by atoms with Gasteiger partial charge < -0.3 is 104 Å². The lowest BCUT2D eigenvalue weighted by molar-refractivity contribution is -0.385. The van der Waals surface area contributed by atoms with Crippen molar-refractivity contribution in [2.75, 3.05) is 26.4 Å². The van der Waals surface area contributed by atoms with E-state index in [1.54, 1.807) is 0 Å². The van der Waals surface area contributed by atoms with E-state index >= 15 is 0 Å². The van der Waals surface area contributed by atoms with Gasteiger partial charge in [-0.2, -0.15) is 0 Å². The summed E-state index contributed by atoms with van der Waals surface area (Å²) in [6, 6.07) is 4.50. The summed E-state index contributed by atoms with van der Waals surface area (Å²) in [6.07, 6.45) is -35.7. The molecule has 308 valence electrons. The van der Waals surface area contributed by atoms with Gasteiger partial charge in [-0.05, 0) is 12.1 Å². The van der Waals surface area contributed by atoms with Crippen molar-refractivity contribution < 1.29 is 109 Å². The van der Waals surface area contributed by atoms with E-state index < -0.39 is 154 Å². The molecule has 4 aliphatic rings. The molecule has 13 N–H and O–H groups in total. The van der Waals surface area contributed by atoms with Crippen LogP contribution in [-0.2, 0) is 33.2 Å². The van der Waals surface area contributed by atoms with Gasteiger partial charge in [0.1, 0.15) is 103 Å². The fourth-order valence-electron chi connectivity index (χ4n) is 6.30. The number of nitrogens with zero attached hydrogens (tertiary/aromatic N) is 1. The largest absolute Gasteiger partial charge is 0.462 e. The minimum Gasteiger partial charge on any atom is -0.462 e. The Balaban J connectivity index is 1.33. The molecule has 24 heteroatoms. The maximum Gasteiger partial charge on any atom is 0.269 e. The Morgan fingerprint density at radius 2 is 0.981 bits per heavy atom. The van der Waals surface area contributed by atoms with E-state index in [1.807, 2.05) is 0 Å². The van der Waals surface area contributed by atoms with Crippen molar-refractivity contribution in [2.24, 2.45) is 0 Å². The van der Waals surface area contributed by atoms with Crippen LogP contribution in [0, 0.1) is 10.1 Å². The Kier molecular flexibility index (Phi) is 14.5. The van der Waals surface area contributed by atoms with Crippen LogP contribution < -0.4 is 4.74 Å². The summed E-state index contributed by atoms with van der Waals surface area (Å²) in [5.41, 5.74) is -0.302. The molecular weight excluding hydrogens is 742 g/mol. The third kappa shape index (κ3) is 8.93. The van der Waals surface area contributed by atoms with E-state index in [-0.39, 0.29) is 11.4 Å². The van der Waals surface area contributed by atoms with Gasteiger partial charge in [-0.25, -0.2) is 0 Å². The average Bonchev–Trinajstić information content (AvgIpc) is 3.16. The molecule has 0 saturated carbocycles. The second-order valence-electron chi connectivity index (χ2n) is 13.0. The summed E-state index contributed by atoms with van der Waals surface area (Å²) in [5.74, 6) is -0.0775. The van der Waals surface area contributed by atoms with Gasteiger partial charge in [0.2, 0.25) is 6.29 Å². The van der Waals surface area contributed by atoms with Crippen LogP contribution in [0.2, 0.25) is 0 Å². The van der Waals surface area contributed by atoms with E-state index in [1.165, 1.54) is 12.1 Å². The standard InChI is InChI=1S/C30H45NO23/c32-5-11-15(35)18(38)21(41)27(49-11)47-8-14-17(37)26(24(44)30(52-14)48-10-3-1-9(2-4-10)31(45)46)54-29-23(43)20(40)25(13(7-34)51-29)53-28-22(42)19(39)16(36)12(6-33)50-28/h1-4,11-30,32-44H,5-8H2/t11-,12-,13-,14-,15-,16-,17-,18+,19+,20-,21-,22+,23+,24+,25-,26+,27-,28+,29+,30-/m1/s1. The fourth-order valence-corrected chi connectivity index (χ4v) is 6.30. The molecule has 0 unspecified atom stereocenters. The van der Waals surface area contributed by atoms with E-state index in [9.17, 15) is 76.5 Å². The first kappa shape index (κ1) is 42.8. The monoisotopic (exact) mass is 787 g/mol. The number of aliphatic hydroxyl groups excluding tert-OH is 13. The van der Waals surface area contributed by atoms with Gasteiger partial charge >= 0.3 is 0 Å². The third-order valence-corrected chi connectivity index (χ3v) is 9.47. The lowest BCUT2D eigenvalue weighted by Gasteiger charge is -2.48. The van der Waals surface area contributed by atoms with Gasteiger partial charge in [-0.15, -0.1) is 0 Å². The highest BCUT2D eigenvalue weighted by molar-refractivity contribution is 5.36. The zero-order chi connectivity index (χ0) is 39.6. The van der Waals surface area contributed by atoms with Crippen molar-refractivity contribution in [1.82, 2.24) is 0 Å². The number of hydrogen-bond acceptors (Lipinski definition) is 23. The fraction of sp³-hybridized carbons (Fsp3) is 0.800. The van der Waals surface area contributed by atoms with E-state index in [2.05, 4.69) is 0 Å². The minimum absolute atomic E-state index is 0.0775. The summed E-state index contributed by atoms with van der Waals surface area (Å²) < 4.78 is 44.4. The summed E-state index contributed by atoms with van der Waals surface area (Å²) >= 11 is 0. The summed E-state index contributed by atoms with van der Waals surface area (Å²) in [5, 5.41) is 146. The Morgan fingerprint density at radius 3 is 1.52 bits per heavy atom. The van der Waals surface area contributed by atoms with Crippen LogP contribution >= 0.6 is 0 Å². The lowest BCUT2D eigenvalue weighted by atomic mass is 9.96. The lowest BCUT2D eigenvalue weighted by Crippen LogP contribution is -2.67. The van der Waals surface area contributed by atoms with Crippen LogP contribution in [0.5, 0.6) is 5.75 Å². The molecule has 0 aliphatic carbocycles. The molecule has 5 rings (SSSR count). The zero-order valence-electron chi connectivity index (χ0n) is 28.0. The molecule has 4 fully saturated rings. The molecule has 24 nitrogen and oxygen atoms in total. The molecule has 0 amide bonds. The predicted octanol–water partition coefficient (Wildman–Crippen LogP) is -7.75.